The van der Waals surface area contributed by atoms with Crippen LogP contribution in [0, 0.1) is 0 Å². The first-order valence-corrected chi connectivity index (χ1v) is 8.53. The Hall–Kier alpha value is -1.43. The number of carboxylic acid groups (broad SMARTS) is 1. The second kappa shape index (κ2) is 10.5. The summed E-state index contributed by atoms with van der Waals surface area (Å²) >= 11 is 4.10. The van der Waals surface area contributed by atoms with Crippen molar-refractivity contribution >= 4 is 29.4 Å². The lowest BCUT2D eigenvalue weighted by molar-refractivity contribution is -0.867. The van der Waals surface area contributed by atoms with Crippen molar-refractivity contribution in [2.75, 3.05) is 40.6 Å². The fraction of sp³-hybridized carbons (Fsp3) is 0.421. The maximum atomic E-state index is 10.9. The number of ether oxygens (including phenoxy) is 1. The van der Waals surface area contributed by atoms with Gasteiger partial charge >= 0.3 is 5.97 Å². The Morgan fingerprint density at radius 2 is 1.72 bits per heavy atom. The van der Waals surface area contributed by atoms with Crippen LogP contribution < -0.4 is 17.1 Å². The molecule has 0 aliphatic heterocycles. The van der Waals surface area contributed by atoms with E-state index in [0.717, 1.165) is 38.9 Å². The van der Waals surface area contributed by atoms with E-state index in [2.05, 4.69) is 33.8 Å². The molecule has 1 atom stereocenters. The van der Waals surface area contributed by atoms with Gasteiger partial charge in [0.1, 0.15) is 5.75 Å². The fourth-order valence-electron chi connectivity index (χ4n) is 2.08. The molecule has 0 fully saturated rings. The third-order valence-electron chi connectivity index (χ3n) is 3.71. The van der Waals surface area contributed by atoms with E-state index in [1.54, 1.807) is 14.0 Å². The zero-order valence-electron chi connectivity index (χ0n) is 15.5. The molecule has 0 aliphatic rings. The molecule has 0 spiro atoms. The number of hydrogen-bond acceptors (Lipinski definition) is 3. The van der Waals surface area contributed by atoms with Crippen molar-refractivity contribution in [3.63, 3.8) is 0 Å². The topological polar surface area (TPSA) is 46.5 Å². The highest BCUT2D eigenvalue weighted by Crippen LogP contribution is 2.25. The molecule has 0 saturated carbocycles. The molecule has 0 bridgehead atoms. The number of carbonyl (C=O) groups is 1. The van der Waals surface area contributed by atoms with Gasteiger partial charge in [0, 0.05) is 5.75 Å². The molecule has 2 aromatic rings. The number of halogens is 1. The summed E-state index contributed by atoms with van der Waals surface area (Å²) < 4.78 is 6.16. The zero-order valence-corrected chi connectivity index (χ0v) is 17.1. The summed E-state index contributed by atoms with van der Waals surface area (Å²) in [5.74, 6) is 0.486. The van der Waals surface area contributed by atoms with Crippen molar-refractivity contribution in [2.24, 2.45) is 0 Å². The van der Waals surface area contributed by atoms with Gasteiger partial charge in [0.05, 0.1) is 40.7 Å². The van der Waals surface area contributed by atoms with Gasteiger partial charge in [-0.3, -0.25) is 4.79 Å². The van der Waals surface area contributed by atoms with Gasteiger partial charge in [-0.2, -0.15) is 12.6 Å². The van der Waals surface area contributed by atoms with Gasteiger partial charge in [-0.15, -0.1) is 0 Å². The van der Waals surface area contributed by atoms with E-state index < -0.39 is 11.9 Å². The van der Waals surface area contributed by atoms with Crippen molar-refractivity contribution in [3.05, 3.63) is 42.0 Å². The highest BCUT2D eigenvalue weighted by molar-refractivity contribution is 7.80. The lowest BCUT2D eigenvalue weighted by Crippen LogP contribution is -3.00. The van der Waals surface area contributed by atoms with Crippen LogP contribution in [0.15, 0.2) is 36.4 Å². The van der Waals surface area contributed by atoms with E-state index >= 15 is 0 Å². The van der Waals surface area contributed by atoms with E-state index in [1.165, 1.54) is 0 Å². The van der Waals surface area contributed by atoms with E-state index in [1.807, 2.05) is 36.4 Å². The van der Waals surface area contributed by atoms with Crippen LogP contribution in [0.4, 0.5) is 0 Å². The zero-order chi connectivity index (χ0) is 18.3. The molecule has 0 unspecified atom stereocenters. The first kappa shape index (κ1) is 23.6. The molecular weight excluding hydrogens is 358 g/mol. The van der Waals surface area contributed by atoms with E-state index in [0.29, 0.717) is 0 Å². The quantitative estimate of drug-likeness (QED) is 0.587. The maximum absolute atomic E-state index is 10.9. The normalized spacial score (nSPS) is 11.8. The van der Waals surface area contributed by atoms with Crippen LogP contribution in [0.2, 0.25) is 0 Å². The summed E-state index contributed by atoms with van der Waals surface area (Å²) in [6, 6.07) is 11.4. The number of carboxylic acids is 1. The molecule has 0 aliphatic carbocycles. The summed E-state index contributed by atoms with van der Waals surface area (Å²) in [7, 11) is 8.12. The standard InChI is InChI=1S/C14H14O3.C5H13NS.ClH/c1-9(14(15)16)10-3-4-12-8-13(17-2)6-5-11(12)7-10;1-6(2,3)4-5-7;/h3-9H,1-2H3,(H,15,16);4-5H2,1-3H3;1H/t9-;;/m0../s1. The summed E-state index contributed by atoms with van der Waals surface area (Å²) in [5.41, 5.74) is 0.815. The molecule has 6 heteroatoms. The fourth-order valence-corrected chi connectivity index (χ4v) is 2.68. The van der Waals surface area contributed by atoms with Gasteiger partial charge in [-0.05, 0) is 35.4 Å². The number of benzene rings is 2. The van der Waals surface area contributed by atoms with E-state index in [4.69, 9.17) is 9.84 Å². The van der Waals surface area contributed by atoms with Gasteiger partial charge in [-0.1, -0.05) is 24.3 Å². The number of quaternary nitrogens is 1. The van der Waals surface area contributed by atoms with Gasteiger partial charge < -0.3 is 26.7 Å². The molecule has 0 aromatic heterocycles. The Morgan fingerprint density at radius 3 is 2.16 bits per heavy atom. The molecule has 25 heavy (non-hydrogen) atoms. The number of hydrogen-bond donors (Lipinski definition) is 2. The number of rotatable bonds is 5. The number of thiol groups is 1. The largest absolute Gasteiger partial charge is 1.00 e. The molecule has 0 heterocycles. The minimum atomic E-state index is -0.808. The molecular formula is C19H28ClNO3S. The Kier molecular flexibility index (Phi) is 9.93. The minimum Gasteiger partial charge on any atom is -1.00 e. The number of methoxy groups -OCH3 is 1. The summed E-state index contributed by atoms with van der Waals surface area (Å²) in [5, 5.41) is 11.0. The smallest absolute Gasteiger partial charge is 0.310 e. The average molecular weight is 386 g/mol. The van der Waals surface area contributed by atoms with Crippen LogP contribution in [0.5, 0.6) is 5.75 Å². The Labute approximate surface area is 162 Å². The lowest BCUT2D eigenvalue weighted by Gasteiger charge is -2.22. The van der Waals surface area contributed by atoms with Crippen molar-refractivity contribution in [1.82, 2.24) is 0 Å². The predicted octanol–water partition coefficient (Wildman–Crippen LogP) is 0.663. The third-order valence-corrected chi connectivity index (χ3v) is 3.91. The van der Waals surface area contributed by atoms with Gasteiger partial charge in [0.25, 0.3) is 0 Å². The van der Waals surface area contributed by atoms with Crippen LogP contribution in [0.25, 0.3) is 10.8 Å². The molecule has 2 aromatic carbocycles. The summed E-state index contributed by atoms with van der Waals surface area (Å²) in [4.78, 5) is 10.9. The molecule has 2 rings (SSSR count). The van der Waals surface area contributed by atoms with Crippen LogP contribution in [0.3, 0.4) is 0 Å². The van der Waals surface area contributed by atoms with E-state index in [-0.39, 0.29) is 12.4 Å². The molecule has 140 valence electrons. The average Bonchev–Trinajstić information content (AvgIpc) is 2.52. The third kappa shape index (κ3) is 7.99. The predicted molar refractivity (Wildman–Crippen MR) is 103 cm³/mol. The summed E-state index contributed by atoms with van der Waals surface area (Å²) in [6.45, 7) is 2.83. The number of aliphatic carboxylic acids is 1. The van der Waals surface area contributed by atoms with Gasteiger partial charge in [0.15, 0.2) is 0 Å². The molecule has 0 saturated heterocycles. The number of fused-ring (bicyclic) bond motifs is 1. The first-order chi connectivity index (χ1) is 11.2. The first-order valence-electron chi connectivity index (χ1n) is 7.89. The maximum Gasteiger partial charge on any atom is 0.310 e. The monoisotopic (exact) mass is 385 g/mol. The molecule has 4 nitrogen and oxygen atoms in total. The number of nitrogens with zero attached hydrogens (tertiary/aromatic N) is 1. The van der Waals surface area contributed by atoms with Crippen molar-refractivity contribution in [3.8, 4) is 5.75 Å². The Morgan fingerprint density at radius 1 is 1.16 bits per heavy atom. The molecule has 1 N–H and O–H groups in total. The van der Waals surface area contributed by atoms with Crippen LogP contribution >= 0.6 is 12.6 Å². The van der Waals surface area contributed by atoms with Gasteiger partial charge in [-0.25, -0.2) is 0 Å². The van der Waals surface area contributed by atoms with Crippen LogP contribution in [-0.2, 0) is 4.79 Å². The van der Waals surface area contributed by atoms with Crippen LogP contribution in [-0.4, -0.2) is 56.1 Å². The minimum absolute atomic E-state index is 0. The Bertz CT molecular complexity index is 686. The highest BCUT2D eigenvalue weighted by Gasteiger charge is 2.13. The van der Waals surface area contributed by atoms with Crippen molar-refractivity contribution in [1.29, 1.82) is 0 Å². The SMILES string of the molecule is COc1ccc2cc([C@H](C)C(=O)O)ccc2c1.C[N+](C)(C)CCS.[Cl-]. The lowest BCUT2D eigenvalue weighted by atomic mass is 9.98. The van der Waals surface area contributed by atoms with Crippen LogP contribution in [0.1, 0.15) is 18.4 Å². The highest BCUT2D eigenvalue weighted by atomic mass is 35.5. The van der Waals surface area contributed by atoms with E-state index in [9.17, 15) is 4.79 Å². The van der Waals surface area contributed by atoms with Crippen molar-refractivity contribution < 1.29 is 31.5 Å². The Balaban J connectivity index is 0.000000620. The molecule has 0 radical (unpaired) electrons. The summed E-state index contributed by atoms with van der Waals surface area (Å²) in [6.07, 6.45) is 0. The molecule has 0 amide bonds. The second-order valence-corrected chi connectivity index (χ2v) is 7.22. The second-order valence-electron chi connectivity index (χ2n) is 6.77. The van der Waals surface area contributed by atoms with Gasteiger partial charge in [0.2, 0.25) is 0 Å². The van der Waals surface area contributed by atoms with Crippen molar-refractivity contribution in [2.45, 2.75) is 12.8 Å².